The van der Waals surface area contributed by atoms with E-state index in [-0.39, 0.29) is 11.8 Å². The number of fused-ring (bicyclic) bond motifs is 1. The molecule has 0 saturated heterocycles. The van der Waals surface area contributed by atoms with Crippen molar-refractivity contribution in [3.05, 3.63) is 70.4 Å². The fourth-order valence-corrected chi connectivity index (χ4v) is 3.90. The normalized spacial score (nSPS) is 15.7. The lowest BCUT2D eigenvalue weighted by atomic mass is 9.87. The van der Waals surface area contributed by atoms with E-state index in [1.165, 1.54) is 0 Å². The number of benzene rings is 2. The molecule has 150 valence electrons. The Morgan fingerprint density at radius 2 is 2.03 bits per heavy atom. The molecule has 5 nitrogen and oxygen atoms in total. The quantitative estimate of drug-likeness (QED) is 0.548. The smallest absolute Gasteiger partial charge is 0.226 e. The van der Waals surface area contributed by atoms with Crippen LogP contribution in [0.1, 0.15) is 48.8 Å². The van der Waals surface area contributed by atoms with Crippen LogP contribution in [0.4, 0.5) is 5.82 Å². The summed E-state index contributed by atoms with van der Waals surface area (Å²) in [4.78, 5) is 12.6. The van der Waals surface area contributed by atoms with Gasteiger partial charge < -0.3 is 10.1 Å². The first-order valence-electron chi connectivity index (χ1n) is 9.95. The predicted molar refractivity (Wildman–Crippen MR) is 115 cm³/mol. The molecule has 1 N–H and O–H groups in total. The van der Waals surface area contributed by atoms with Crippen LogP contribution in [0, 0.1) is 6.92 Å². The van der Waals surface area contributed by atoms with E-state index in [0.717, 1.165) is 41.0 Å². The van der Waals surface area contributed by atoms with E-state index in [1.54, 1.807) is 4.68 Å². The lowest BCUT2D eigenvalue weighted by Crippen LogP contribution is -2.25. The molecule has 0 fully saturated rings. The third-order valence-corrected chi connectivity index (χ3v) is 5.75. The molecular weight excluding hydrogens is 386 g/mol. The molecule has 1 aliphatic heterocycles. The van der Waals surface area contributed by atoms with Gasteiger partial charge in [-0.2, -0.15) is 5.10 Å². The highest BCUT2D eigenvalue weighted by atomic mass is 35.5. The summed E-state index contributed by atoms with van der Waals surface area (Å²) >= 11 is 6.30. The maximum atomic E-state index is 12.6. The van der Waals surface area contributed by atoms with E-state index >= 15 is 0 Å². The van der Waals surface area contributed by atoms with Gasteiger partial charge in [-0.25, -0.2) is 4.68 Å². The van der Waals surface area contributed by atoms with Crippen LogP contribution in [-0.2, 0) is 4.79 Å². The molecule has 1 amide bonds. The van der Waals surface area contributed by atoms with E-state index < -0.39 is 0 Å². The Hall–Kier alpha value is -2.79. The molecule has 1 atom stereocenters. The molecule has 0 spiro atoms. The fraction of sp³-hybridized carbons (Fsp3) is 0.304. The van der Waals surface area contributed by atoms with Gasteiger partial charge >= 0.3 is 0 Å². The zero-order chi connectivity index (χ0) is 20.4. The molecule has 1 aliphatic rings. The molecule has 1 aromatic heterocycles. The molecular formula is C23H24ClN3O2. The standard InChI is InChI=1S/C23H24ClN3O2/c1-3-4-12-29-21-11-6-5-8-16(21)17-13-22(28)26-23-18(17)14-25-27(23)20-10-7-9-19(24)15(20)2/h5-11,14,17H,3-4,12-13H2,1-2H3,(H,26,28)/t17-/m1/s1. The van der Waals surface area contributed by atoms with Gasteiger partial charge in [0.2, 0.25) is 5.91 Å². The van der Waals surface area contributed by atoms with E-state index in [1.807, 2.05) is 55.6 Å². The average molecular weight is 410 g/mol. The highest BCUT2D eigenvalue weighted by molar-refractivity contribution is 6.31. The lowest BCUT2D eigenvalue weighted by Gasteiger charge is -2.25. The summed E-state index contributed by atoms with van der Waals surface area (Å²) < 4.78 is 7.80. The first-order chi connectivity index (χ1) is 14.1. The molecule has 2 aromatic carbocycles. The molecule has 6 heteroatoms. The van der Waals surface area contributed by atoms with Crippen molar-refractivity contribution in [3.63, 3.8) is 0 Å². The summed E-state index contributed by atoms with van der Waals surface area (Å²) in [6, 6.07) is 13.7. The van der Waals surface area contributed by atoms with Gasteiger partial charge in [-0.3, -0.25) is 4.79 Å². The number of ether oxygens (including phenoxy) is 1. The minimum atomic E-state index is -0.107. The number of halogens is 1. The van der Waals surface area contributed by atoms with Gasteiger partial charge in [0.25, 0.3) is 0 Å². The minimum Gasteiger partial charge on any atom is -0.493 e. The van der Waals surface area contributed by atoms with Crippen LogP contribution in [0.2, 0.25) is 5.02 Å². The SMILES string of the molecule is CCCCOc1ccccc1[C@H]1CC(=O)Nc2c1cnn2-c1cccc(Cl)c1C. The maximum Gasteiger partial charge on any atom is 0.226 e. The van der Waals surface area contributed by atoms with Crippen LogP contribution in [0.3, 0.4) is 0 Å². The maximum absolute atomic E-state index is 12.6. The zero-order valence-corrected chi connectivity index (χ0v) is 17.4. The minimum absolute atomic E-state index is 0.0349. The van der Waals surface area contributed by atoms with Gasteiger partial charge in [-0.1, -0.05) is 49.2 Å². The van der Waals surface area contributed by atoms with Gasteiger partial charge in [-0.05, 0) is 37.1 Å². The third-order valence-electron chi connectivity index (χ3n) is 5.34. The molecule has 29 heavy (non-hydrogen) atoms. The van der Waals surface area contributed by atoms with Crippen molar-refractivity contribution < 1.29 is 9.53 Å². The van der Waals surface area contributed by atoms with Crippen LogP contribution in [0.15, 0.2) is 48.7 Å². The molecule has 0 radical (unpaired) electrons. The Bertz CT molecular complexity index is 1040. The molecule has 0 saturated carbocycles. The van der Waals surface area contributed by atoms with Gasteiger partial charge in [0.15, 0.2) is 0 Å². The van der Waals surface area contributed by atoms with Crippen LogP contribution < -0.4 is 10.1 Å². The van der Waals surface area contributed by atoms with Crippen LogP contribution in [-0.4, -0.2) is 22.3 Å². The van der Waals surface area contributed by atoms with Gasteiger partial charge in [0, 0.05) is 28.5 Å². The summed E-state index contributed by atoms with van der Waals surface area (Å²) in [7, 11) is 0. The van der Waals surface area contributed by atoms with Crippen molar-refractivity contribution in [2.45, 2.75) is 39.0 Å². The van der Waals surface area contributed by atoms with Crippen molar-refractivity contribution in [3.8, 4) is 11.4 Å². The largest absolute Gasteiger partial charge is 0.493 e. The molecule has 0 bridgehead atoms. The van der Waals surface area contributed by atoms with Gasteiger partial charge in [0.1, 0.15) is 11.6 Å². The molecule has 4 rings (SSSR count). The van der Waals surface area contributed by atoms with Gasteiger partial charge in [0.05, 0.1) is 18.5 Å². The Kier molecular flexibility index (Phi) is 5.58. The molecule has 3 aromatic rings. The van der Waals surface area contributed by atoms with Crippen molar-refractivity contribution >= 4 is 23.3 Å². The highest BCUT2D eigenvalue weighted by Crippen LogP contribution is 2.41. The third kappa shape index (κ3) is 3.75. The number of aromatic nitrogens is 2. The Morgan fingerprint density at radius 1 is 1.21 bits per heavy atom. The highest BCUT2D eigenvalue weighted by Gasteiger charge is 2.32. The van der Waals surface area contributed by atoms with E-state index in [0.29, 0.717) is 23.9 Å². The number of para-hydroxylation sites is 1. The first-order valence-corrected chi connectivity index (χ1v) is 10.3. The number of hydrogen-bond donors (Lipinski definition) is 1. The van der Waals surface area contributed by atoms with E-state index in [9.17, 15) is 4.79 Å². The second-order valence-corrected chi connectivity index (χ2v) is 7.70. The summed E-state index contributed by atoms with van der Waals surface area (Å²) in [5.41, 5.74) is 3.77. The molecule has 0 unspecified atom stereocenters. The summed E-state index contributed by atoms with van der Waals surface area (Å²) in [5.74, 6) is 1.38. The summed E-state index contributed by atoms with van der Waals surface area (Å²) in [5, 5.41) is 8.26. The Labute approximate surface area is 175 Å². The number of amides is 1. The van der Waals surface area contributed by atoms with Crippen molar-refractivity contribution in [2.75, 3.05) is 11.9 Å². The number of carbonyl (C=O) groups is 1. The number of anilines is 1. The van der Waals surface area contributed by atoms with Crippen molar-refractivity contribution in [2.24, 2.45) is 0 Å². The summed E-state index contributed by atoms with van der Waals surface area (Å²) in [6.45, 7) is 4.75. The van der Waals surface area contributed by atoms with Crippen LogP contribution >= 0.6 is 11.6 Å². The zero-order valence-electron chi connectivity index (χ0n) is 16.6. The van der Waals surface area contributed by atoms with Crippen molar-refractivity contribution in [1.29, 1.82) is 0 Å². The number of nitrogens with zero attached hydrogens (tertiary/aromatic N) is 2. The average Bonchev–Trinajstić information content (AvgIpc) is 3.13. The topological polar surface area (TPSA) is 56.1 Å². The van der Waals surface area contributed by atoms with Crippen LogP contribution in [0.25, 0.3) is 5.69 Å². The van der Waals surface area contributed by atoms with E-state index in [4.69, 9.17) is 16.3 Å². The lowest BCUT2D eigenvalue weighted by molar-refractivity contribution is -0.116. The molecule has 2 heterocycles. The second-order valence-electron chi connectivity index (χ2n) is 7.29. The second kappa shape index (κ2) is 8.29. The van der Waals surface area contributed by atoms with Crippen LogP contribution in [0.5, 0.6) is 5.75 Å². The Morgan fingerprint density at radius 3 is 2.86 bits per heavy atom. The Balaban J connectivity index is 1.77. The van der Waals surface area contributed by atoms with Gasteiger partial charge in [-0.15, -0.1) is 0 Å². The predicted octanol–water partition coefficient (Wildman–Crippen LogP) is 5.49. The number of hydrogen-bond acceptors (Lipinski definition) is 3. The number of nitrogens with one attached hydrogen (secondary N) is 1. The number of carbonyl (C=O) groups excluding carboxylic acids is 1. The number of unbranched alkanes of at least 4 members (excludes halogenated alkanes) is 1. The molecule has 0 aliphatic carbocycles. The monoisotopic (exact) mass is 409 g/mol. The fourth-order valence-electron chi connectivity index (χ4n) is 3.73. The first kappa shape index (κ1) is 19.5. The number of rotatable bonds is 6. The van der Waals surface area contributed by atoms with Crippen molar-refractivity contribution in [1.82, 2.24) is 9.78 Å². The van der Waals surface area contributed by atoms with E-state index in [2.05, 4.69) is 17.3 Å². The summed E-state index contributed by atoms with van der Waals surface area (Å²) in [6.07, 6.45) is 4.27.